The lowest BCUT2D eigenvalue weighted by Gasteiger charge is -2.31. The first-order valence-electron chi connectivity index (χ1n) is 10.9. The summed E-state index contributed by atoms with van der Waals surface area (Å²) in [6.45, 7) is 4.71. The predicted octanol–water partition coefficient (Wildman–Crippen LogP) is 5.55. The summed E-state index contributed by atoms with van der Waals surface area (Å²) in [4.78, 5) is 24.5. The van der Waals surface area contributed by atoms with Crippen molar-refractivity contribution in [2.24, 2.45) is 0 Å². The highest BCUT2D eigenvalue weighted by Gasteiger charge is 2.26. The fourth-order valence-electron chi connectivity index (χ4n) is 4.26. The SMILES string of the molecule is CCCn1c(SCC(=O)N2CCC(c3nc4ccccc4s3)CC2)nc2ccccc21. The minimum Gasteiger partial charge on any atom is -0.342 e. The summed E-state index contributed by atoms with van der Waals surface area (Å²) >= 11 is 3.36. The van der Waals surface area contributed by atoms with E-state index in [0.717, 1.165) is 60.6 Å². The molecular weight excluding hydrogens is 424 g/mol. The number of carbonyl (C=O) groups excluding carboxylic acids is 1. The number of thioether (sulfide) groups is 1. The molecule has 5 nitrogen and oxygen atoms in total. The van der Waals surface area contributed by atoms with E-state index >= 15 is 0 Å². The fraction of sp³-hybridized carbons (Fsp3) is 0.375. The third kappa shape index (κ3) is 4.21. The van der Waals surface area contributed by atoms with Gasteiger partial charge in [0.2, 0.25) is 5.91 Å². The Kier molecular flexibility index (Phi) is 5.96. The van der Waals surface area contributed by atoms with Gasteiger partial charge in [-0.15, -0.1) is 11.3 Å². The maximum atomic E-state index is 12.9. The monoisotopic (exact) mass is 450 g/mol. The summed E-state index contributed by atoms with van der Waals surface area (Å²) in [5, 5.41) is 2.16. The number of para-hydroxylation sites is 3. The molecule has 1 aliphatic rings. The molecule has 1 aliphatic heterocycles. The molecule has 2 aromatic carbocycles. The van der Waals surface area contributed by atoms with E-state index in [1.807, 2.05) is 29.2 Å². The normalized spacial score (nSPS) is 15.2. The molecule has 0 aliphatic carbocycles. The number of amides is 1. The molecule has 7 heteroatoms. The first-order chi connectivity index (χ1) is 15.2. The second kappa shape index (κ2) is 9.01. The van der Waals surface area contributed by atoms with E-state index in [1.165, 1.54) is 9.71 Å². The number of hydrogen-bond donors (Lipinski definition) is 0. The number of aryl methyl sites for hydroxylation is 1. The van der Waals surface area contributed by atoms with E-state index in [0.29, 0.717) is 11.7 Å². The topological polar surface area (TPSA) is 51.0 Å². The van der Waals surface area contributed by atoms with Crippen LogP contribution in [0.3, 0.4) is 0 Å². The van der Waals surface area contributed by atoms with Crippen LogP contribution in [0, 0.1) is 0 Å². The van der Waals surface area contributed by atoms with Crippen molar-refractivity contribution in [3.8, 4) is 0 Å². The summed E-state index contributed by atoms with van der Waals surface area (Å²) in [6, 6.07) is 16.5. The van der Waals surface area contributed by atoms with Crippen LogP contribution in [0.1, 0.15) is 37.1 Å². The van der Waals surface area contributed by atoms with E-state index in [4.69, 9.17) is 9.97 Å². The number of likely N-dealkylation sites (tertiary alicyclic amines) is 1. The molecule has 0 saturated carbocycles. The Labute approximate surface area is 190 Å². The van der Waals surface area contributed by atoms with Gasteiger partial charge in [0, 0.05) is 25.6 Å². The van der Waals surface area contributed by atoms with Gasteiger partial charge in [0.25, 0.3) is 0 Å². The van der Waals surface area contributed by atoms with Gasteiger partial charge >= 0.3 is 0 Å². The molecule has 1 amide bonds. The third-order valence-corrected chi connectivity index (χ3v) is 8.06. The molecule has 2 aromatic heterocycles. The molecule has 0 bridgehead atoms. The fourth-order valence-corrected chi connectivity index (χ4v) is 6.34. The number of carbonyl (C=O) groups is 1. The molecule has 4 aromatic rings. The molecule has 3 heterocycles. The minimum atomic E-state index is 0.211. The van der Waals surface area contributed by atoms with Gasteiger partial charge in [-0.1, -0.05) is 43.0 Å². The Morgan fingerprint density at radius 1 is 1.06 bits per heavy atom. The third-order valence-electron chi connectivity index (χ3n) is 5.90. The van der Waals surface area contributed by atoms with Crippen LogP contribution in [0.2, 0.25) is 0 Å². The van der Waals surface area contributed by atoms with Crippen molar-refractivity contribution in [1.29, 1.82) is 0 Å². The van der Waals surface area contributed by atoms with E-state index in [2.05, 4.69) is 35.8 Å². The van der Waals surface area contributed by atoms with Crippen LogP contribution in [0.25, 0.3) is 21.3 Å². The van der Waals surface area contributed by atoms with Gasteiger partial charge in [-0.3, -0.25) is 4.79 Å². The highest BCUT2D eigenvalue weighted by molar-refractivity contribution is 7.99. The van der Waals surface area contributed by atoms with Gasteiger partial charge < -0.3 is 9.47 Å². The van der Waals surface area contributed by atoms with Crippen molar-refractivity contribution in [2.45, 2.75) is 43.8 Å². The number of thiazole rings is 1. The molecule has 0 atom stereocenters. The van der Waals surface area contributed by atoms with Crippen LogP contribution in [0.5, 0.6) is 0 Å². The Morgan fingerprint density at radius 2 is 1.81 bits per heavy atom. The van der Waals surface area contributed by atoms with E-state index in [9.17, 15) is 4.79 Å². The molecule has 0 unspecified atom stereocenters. The van der Waals surface area contributed by atoms with Crippen molar-refractivity contribution in [3.05, 3.63) is 53.5 Å². The zero-order valence-electron chi connectivity index (χ0n) is 17.7. The Hall–Kier alpha value is -2.38. The maximum absolute atomic E-state index is 12.9. The lowest BCUT2D eigenvalue weighted by molar-refractivity contribution is -0.129. The first kappa shape index (κ1) is 20.5. The van der Waals surface area contributed by atoms with Crippen LogP contribution in [0.15, 0.2) is 53.7 Å². The standard InChI is InChI=1S/C24H26N4OS2/c1-2-13-28-20-9-5-3-7-18(20)26-24(28)30-16-22(29)27-14-11-17(12-15-27)23-25-19-8-4-6-10-21(19)31-23/h3-10,17H,2,11-16H2,1H3. The van der Waals surface area contributed by atoms with Gasteiger partial charge in [0.15, 0.2) is 5.16 Å². The number of hydrogen-bond acceptors (Lipinski definition) is 5. The summed E-state index contributed by atoms with van der Waals surface area (Å²) in [7, 11) is 0. The van der Waals surface area contributed by atoms with Gasteiger partial charge in [0.1, 0.15) is 0 Å². The number of imidazole rings is 1. The molecule has 0 N–H and O–H groups in total. The Bertz CT molecular complexity index is 1170. The smallest absolute Gasteiger partial charge is 0.233 e. The molecule has 160 valence electrons. The molecule has 5 rings (SSSR count). The van der Waals surface area contributed by atoms with Gasteiger partial charge in [-0.05, 0) is 43.5 Å². The Morgan fingerprint density at radius 3 is 2.58 bits per heavy atom. The van der Waals surface area contributed by atoms with E-state index in [-0.39, 0.29) is 5.91 Å². The van der Waals surface area contributed by atoms with Crippen molar-refractivity contribution in [1.82, 2.24) is 19.4 Å². The van der Waals surface area contributed by atoms with Crippen LogP contribution in [-0.4, -0.2) is 44.2 Å². The number of nitrogens with zero attached hydrogens (tertiary/aromatic N) is 4. The van der Waals surface area contributed by atoms with Crippen LogP contribution >= 0.6 is 23.1 Å². The lowest BCUT2D eigenvalue weighted by Crippen LogP contribution is -2.39. The van der Waals surface area contributed by atoms with Crippen LogP contribution < -0.4 is 0 Å². The summed E-state index contributed by atoms with van der Waals surface area (Å²) in [5.41, 5.74) is 3.24. The largest absolute Gasteiger partial charge is 0.342 e. The predicted molar refractivity (Wildman–Crippen MR) is 129 cm³/mol. The molecule has 0 radical (unpaired) electrons. The minimum absolute atomic E-state index is 0.211. The average molecular weight is 451 g/mol. The maximum Gasteiger partial charge on any atom is 0.233 e. The van der Waals surface area contributed by atoms with Gasteiger partial charge in [-0.25, -0.2) is 9.97 Å². The van der Waals surface area contributed by atoms with Crippen LogP contribution in [-0.2, 0) is 11.3 Å². The van der Waals surface area contributed by atoms with Gasteiger partial charge in [-0.2, -0.15) is 0 Å². The average Bonchev–Trinajstić information content (AvgIpc) is 3.39. The molecule has 31 heavy (non-hydrogen) atoms. The molecular formula is C24H26N4OS2. The zero-order chi connectivity index (χ0) is 21.2. The number of benzene rings is 2. The number of rotatable bonds is 6. The van der Waals surface area contributed by atoms with E-state index < -0.39 is 0 Å². The first-order valence-corrected chi connectivity index (χ1v) is 12.7. The van der Waals surface area contributed by atoms with Crippen molar-refractivity contribution >= 4 is 50.3 Å². The Balaban J connectivity index is 1.20. The summed E-state index contributed by atoms with van der Waals surface area (Å²) < 4.78 is 3.49. The van der Waals surface area contributed by atoms with Crippen LogP contribution in [0.4, 0.5) is 0 Å². The highest BCUT2D eigenvalue weighted by atomic mass is 32.2. The number of piperidine rings is 1. The molecule has 0 spiro atoms. The quantitative estimate of drug-likeness (QED) is 0.361. The lowest BCUT2D eigenvalue weighted by atomic mass is 9.97. The number of aromatic nitrogens is 3. The van der Waals surface area contributed by atoms with Crippen molar-refractivity contribution in [2.75, 3.05) is 18.8 Å². The summed E-state index contributed by atoms with van der Waals surface area (Å²) in [5.74, 6) is 1.12. The second-order valence-electron chi connectivity index (χ2n) is 8.00. The molecule has 1 saturated heterocycles. The number of fused-ring (bicyclic) bond motifs is 2. The van der Waals surface area contributed by atoms with Gasteiger partial charge in [0.05, 0.1) is 32.0 Å². The van der Waals surface area contributed by atoms with Crippen molar-refractivity contribution in [3.63, 3.8) is 0 Å². The second-order valence-corrected chi connectivity index (χ2v) is 10.0. The zero-order valence-corrected chi connectivity index (χ0v) is 19.3. The highest BCUT2D eigenvalue weighted by Crippen LogP contribution is 2.34. The van der Waals surface area contributed by atoms with E-state index in [1.54, 1.807) is 23.1 Å². The van der Waals surface area contributed by atoms with Crippen molar-refractivity contribution < 1.29 is 4.79 Å². The summed E-state index contributed by atoms with van der Waals surface area (Å²) in [6.07, 6.45) is 3.02. The molecule has 1 fully saturated rings.